The summed E-state index contributed by atoms with van der Waals surface area (Å²) in [5.41, 5.74) is 6.20. The van der Waals surface area contributed by atoms with Crippen molar-refractivity contribution in [3.63, 3.8) is 0 Å². The zero-order valence-corrected chi connectivity index (χ0v) is 11.1. The van der Waals surface area contributed by atoms with Gasteiger partial charge in [-0.3, -0.25) is 4.79 Å². The lowest BCUT2D eigenvalue weighted by atomic mass is 10.2. The molecule has 6 heteroatoms. The van der Waals surface area contributed by atoms with Crippen molar-refractivity contribution in [3.8, 4) is 0 Å². The molecule has 0 aliphatic carbocycles. The molecule has 3 N–H and O–H groups in total. The van der Waals surface area contributed by atoms with Crippen molar-refractivity contribution in [1.82, 2.24) is 0 Å². The molecule has 19 heavy (non-hydrogen) atoms. The fourth-order valence-electron chi connectivity index (χ4n) is 1.52. The highest BCUT2D eigenvalue weighted by Gasteiger charge is 2.15. The molecular weight excluding hydrogens is 290 g/mol. The summed E-state index contributed by atoms with van der Waals surface area (Å²) in [7, 11) is 0. The first-order chi connectivity index (χ1) is 8.99. The first-order valence-corrected chi connectivity index (χ1v) is 6.05. The summed E-state index contributed by atoms with van der Waals surface area (Å²) in [5.74, 6) is -1.40. The summed E-state index contributed by atoms with van der Waals surface area (Å²) in [6.07, 6.45) is 0. The summed E-state index contributed by atoms with van der Waals surface area (Å²) in [5, 5.41) is 2.83. The standard InChI is InChI=1S/C13H9Cl2FN2O/c14-7-4-5-11(10(17)6-7)18-13(19)8-2-1-3-9(15)12(8)16/h1-6H,17H2,(H,18,19). The smallest absolute Gasteiger partial charge is 0.258 e. The summed E-state index contributed by atoms with van der Waals surface area (Å²) >= 11 is 11.4. The maximum atomic E-state index is 13.7. The molecule has 3 nitrogen and oxygen atoms in total. The van der Waals surface area contributed by atoms with Crippen LogP contribution in [0.4, 0.5) is 15.8 Å². The number of halogens is 3. The number of benzene rings is 2. The lowest BCUT2D eigenvalue weighted by Crippen LogP contribution is -2.15. The minimum absolute atomic E-state index is 0.114. The number of amides is 1. The van der Waals surface area contributed by atoms with Gasteiger partial charge in [0.05, 0.1) is 22.0 Å². The minimum Gasteiger partial charge on any atom is -0.397 e. The van der Waals surface area contributed by atoms with Gasteiger partial charge in [-0.1, -0.05) is 29.3 Å². The Hall–Kier alpha value is -1.78. The van der Waals surface area contributed by atoms with Crippen molar-refractivity contribution in [3.05, 3.63) is 57.8 Å². The lowest BCUT2D eigenvalue weighted by Gasteiger charge is -2.09. The van der Waals surface area contributed by atoms with Gasteiger partial charge in [-0.2, -0.15) is 0 Å². The molecule has 0 aromatic heterocycles. The number of anilines is 2. The van der Waals surface area contributed by atoms with Gasteiger partial charge < -0.3 is 11.1 Å². The van der Waals surface area contributed by atoms with Gasteiger partial charge in [0.1, 0.15) is 0 Å². The molecule has 0 unspecified atom stereocenters. The van der Waals surface area contributed by atoms with Crippen LogP contribution in [-0.2, 0) is 0 Å². The molecule has 0 saturated heterocycles. The first kappa shape index (κ1) is 13.6. The summed E-state index contributed by atoms with van der Waals surface area (Å²) in [6, 6.07) is 8.80. The van der Waals surface area contributed by atoms with Gasteiger partial charge >= 0.3 is 0 Å². The molecule has 0 fully saturated rings. The molecule has 2 aromatic rings. The van der Waals surface area contributed by atoms with Gasteiger partial charge in [-0.25, -0.2) is 4.39 Å². The third-order valence-corrected chi connectivity index (χ3v) is 2.99. The number of hydrogen-bond donors (Lipinski definition) is 2. The fraction of sp³-hybridized carbons (Fsp3) is 0. The molecule has 0 atom stereocenters. The van der Waals surface area contributed by atoms with E-state index in [1.54, 1.807) is 6.07 Å². The predicted octanol–water partition coefficient (Wildman–Crippen LogP) is 3.97. The Kier molecular flexibility index (Phi) is 3.93. The van der Waals surface area contributed by atoms with Crippen molar-refractivity contribution in [2.24, 2.45) is 0 Å². The zero-order chi connectivity index (χ0) is 14.0. The quantitative estimate of drug-likeness (QED) is 0.824. The lowest BCUT2D eigenvalue weighted by molar-refractivity contribution is 0.102. The zero-order valence-electron chi connectivity index (χ0n) is 9.58. The van der Waals surface area contributed by atoms with Crippen LogP contribution in [-0.4, -0.2) is 5.91 Å². The van der Waals surface area contributed by atoms with Gasteiger partial charge in [0, 0.05) is 5.02 Å². The van der Waals surface area contributed by atoms with Crippen molar-refractivity contribution in [1.29, 1.82) is 0 Å². The van der Waals surface area contributed by atoms with E-state index in [0.29, 0.717) is 16.4 Å². The highest BCUT2D eigenvalue weighted by Crippen LogP contribution is 2.24. The topological polar surface area (TPSA) is 55.1 Å². The number of nitrogens with two attached hydrogens (primary N) is 1. The second-order valence-corrected chi connectivity index (χ2v) is 4.63. The Morgan fingerprint density at radius 3 is 2.63 bits per heavy atom. The SMILES string of the molecule is Nc1cc(Cl)ccc1NC(=O)c1cccc(Cl)c1F. The first-order valence-electron chi connectivity index (χ1n) is 5.29. The molecule has 0 saturated carbocycles. The van der Waals surface area contributed by atoms with Crippen LogP contribution in [0.3, 0.4) is 0 Å². The Morgan fingerprint density at radius 2 is 1.95 bits per heavy atom. The highest BCUT2D eigenvalue weighted by atomic mass is 35.5. The van der Waals surface area contributed by atoms with E-state index < -0.39 is 11.7 Å². The molecule has 2 aromatic carbocycles. The van der Waals surface area contributed by atoms with Crippen LogP contribution in [0.5, 0.6) is 0 Å². The van der Waals surface area contributed by atoms with Crippen molar-refractivity contribution >= 4 is 40.5 Å². The maximum absolute atomic E-state index is 13.7. The van der Waals surface area contributed by atoms with E-state index in [1.807, 2.05) is 0 Å². The van der Waals surface area contributed by atoms with E-state index in [0.717, 1.165) is 0 Å². The molecule has 0 heterocycles. The van der Waals surface area contributed by atoms with Crippen LogP contribution < -0.4 is 11.1 Å². The number of nitrogens with one attached hydrogen (secondary N) is 1. The molecule has 0 radical (unpaired) electrons. The number of nitrogen functional groups attached to an aromatic ring is 1. The molecule has 98 valence electrons. The fourth-order valence-corrected chi connectivity index (χ4v) is 1.87. The van der Waals surface area contributed by atoms with Gasteiger partial charge in [-0.15, -0.1) is 0 Å². The summed E-state index contributed by atoms with van der Waals surface area (Å²) < 4.78 is 13.7. The van der Waals surface area contributed by atoms with E-state index in [9.17, 15) is 9.18 Å². The highest BCUT2D eigenvalue weighted by molar-refractivity contribution is 6.31. The molecule has 0 aliphatic rings. The number of rotatable bonds is 2. The van der Waals surface area contributed by atoms with Gasteiger partial charge in [0.15, 0.2) is 5.82 Å². The summed E-state index contributed by atoms with van der Waals surface area (Å²) in [4.78, 5) is 11.9. The van der Waals surface area contributed by atoms with E-state index in [2.05, 4.69) is 5.32 Å². The average Bonchev–Trinajstić information content (AvgIpc) is 2.36. The molecule has 2 rings (SSSR count). The Labute approximate surface area is 119 Å². The molecule has 0 aliphatic heterocycles. The van der Waals surface area contributed by atoms with E-state index in [-0.39, 0.29) is 10.6 Å². The van der Waals surface area contributed by atoms with Crippen LogP contribution in [0, 0.1) is 5.82 Å². The van der Waals surface area contributed by atoms with Crippen LogP contribution >= 0.6 is 23.2 Å². The van der Waals surface area contributed by atoms with Crippen LogP contribution in [0.25, 0.3) is 0 Å². The third kappa shape index (κ3) is 2.97. The van der Waals surface area contributed by atoms with Crippen LogP contribution in [0.1, 0.15) is 10.4 Å². The minimum atomic E-state index is -0.769. The number of carbonyl (C=O) groups excluding carboxylic acids is 1. The Morgan fingerprint density at radius 1 is 1.21 bits per heavy atom. The van der Waals surface area contributed by atoms with Crippen LogP contribution in [0.2, 0.25) is 10.0 Å². The van der Waals surface area contributed by atoms with E-state index >= 15 is 0 Å². The summed E-state index contributed by atoms with van der Waals surface area (Å²) in [6.45, 7) is 0. The largest absolute Gasteiger partial charge is 0.397 e. The normalized spacial score (nSPS) is 10.3. The van der Waals surface area contributed by atoms with Gasteiger partial charge in [0.2, 0.25) is 0 Å². The predicted molar refractivity (Wildman–Crippen MR) is 75.2 cm³/mol. The van der Waals surface area contributed by atoms with Crippen molar-refractivity contribution < 1.29 is 9.18 Å². The maximum Gasteiger partial charge on any atom is 0.258 e. The monoisotopic (exact) mass is 298 g/mol. The van der Waals surface area contributed by atoms with E-state index in [4.69, 9.17) is 28.9 Å². The van der Waals surface area contributed by atoms with Crippen LogP contribution in [0.15, 0.2) is 36.4 Å². The number of carbonyl (C=O) groups is 1. The molecular formula is C13H9Cl2FN2O. The second kappa shape index (κ2) is 5.47. The van der Waals surface area contributed by atoms with Gasteiger partial charge in [-0.05, 0) is 30.3 Å². The molecule has 1 amide bonds. The third-order valence-electron chi connectivity index (χ3n) is 2.46. The average molecular weight is 299 g/mol. The van der Waals surface area contributed by atoms with Gasteiger partial charge in [0.25, 0.3) is 5.91 Å². The van der Waals surface area contributed by atoms with Crippen molar-refractivity contribution in [2.75, 3.05) is 11.1 Å². The molecule has 0 spiro atoms. The van der Waals surface area contributed by atoms with Crippen molar-refractivity contribution in [2.45, 2.75) is 0 Å². The van der Waals surface area contributed by atoms with E-state index in [1.165, 1.54) is 30.3 Å². The number of hydrogen-bond acceptors (Lipinski definition) is 2. The Balaban J connectivity index is 2.28. The second-order valence-electron chi connectivity index (χ2n) is 3.79. The Bertz CT molecular complexity index is 647. The molecule has 0 bridgehead atoms.